The van der Waals surface area contributed by atoms with E-state index in [-0.39, 0.29) is 17.5 Å². The SMILES string of the molecule is O=C(c1cc(Cc2ccccc2)ccc1O)N1CCCN(Cc2ccccc2F)CC1. The van der Waals surface area contributed by atoms with Crippen molar-refractivity contribution in [3.63, 3.8) is 0 Å². The molecule has 0 radical (unpaired) electrons. The molecular formula is C26H27FN2O2. The van der Waals surface area contributed by atoms with E-state index in [4.69, 9.17) is 0 Å². The molecule has 1 N–H and O–H groups in total. The number of nitrogens with zero attached hydrogens (tertiary/aromatic N) is 2. The zero-order valence-electron chi connectivity index (χ0n) is 17.5. The Balaban J connectivity index is 1.43. The van der Waals surface area contributed by atoms with E-state index in [1.165, 1.54) is 6.07 Å². The maximum atomic E-state index is 14.0. The fourth-order valence-electron chi connectivity index (χ4n) is 4.07. The van der Waals surface area contributed by atoms with Gasteiger partial charge in [0, 0.05) is 38.3 Å². The fourth-order valence-corrected chi connectivity index (χ4v) is 4.07. The maximum Gasteiger partial charge on any atom is 0.257 e. The molecule has 1 fully saturated rings. The fraction of sp³-hybridized carbons (Fsp3) is 0.269. The monoisotopic (exact) mass is 418 g/mol. The van der Waals surface area contributed by atoms with Crippen LogP contribution in [0.4, 0.5) is 4.39 Å². The van der Waals surface area contributed by atoms with E-state index in [0.717, 1.165) is 24.1 Å². The van der Waals surface area contributed by atoms with Gasteiger partial charge in [-0.05, 0) is 42.2 Å². The van der Waals surface area contributed by atoms with Gasteiger partial charge in [-0.2, -0.15) is 0 Å². The minimum atomic E-state index is -0.195. The summed E-state index contributed by atoms with van der Waals surface area (Å²) in [6.45, 7) is 3.18. The number of amides is 1. The third-order valence-corrected chi connectivity index (χ3v) is 5.77. The maximum absolute atomic E-state index is 14.0. The lowest BCUT2D eigenvalue weighted by molar-refractivity contribution is 0.0758. The molecule has 4 rings (SSSR count). The zero-order chi connectivity index (χ0) is 21.6. The highest BCUT2D eigenvalue weighted by Gasteiger charge is 2.23. The van der Waals surface area contributed by atoms with E-state index in [1.807, 2.05) is 42.5 Å². The first-order valence-electron chi connectivity index (χ1n) is 10.7. The van der Waals surface area contributed by atoms with Crippen LogP contribution in [0.25, 0.3) is 0 Å². The number of phenolic OH excluding ortho intramolecular Hbond substituents is 1. The number of hydrogen-bond acceptors (Lipinski definition) is 3. The molecule has 4 nitrogen and oxygen atoms in total. The predicted molar refractivity (Wildman–Crippen MR) is 120 cm³/mol. The Labute approximate surface area is 182 Å². The Morgan fingerprint density at radius 3 is 2.45 bits per heavy atom. The first kappa shape index (κ1) is 21.1. The van der Waals surface area contributed by atoms with Gasteiger partial charge in [-0.3, -0.25) is 9.69 Å². The molecule has 3 aromatic carbocycles. The van der Waals surface area contributed by atoms with Crippen LogP contribution < -0.4 is 0 Å². The molecule has 0 saturated carbocycles. The van der Waals surface area contributed by atoms with Gasteiger partial charge in [0.1, 0.15) is 11.6 Å². The van der Waals surface area contributed by atoms with Gasteiger partial charge in [-0.15, -0.1) is 0 Å². The summed E-state index contributed by atoms with van der Waals surface area (Å²) in [6.07, 6.45) is 1.52. The highest BCUT2D eigenvalue weighted by atomic mass is 19.1. The van der Waals surface area contributed by atoms with Gasteiger partial charge in [0.25, 0.3) is 5.91 Å². The second kappa shape index (κ2) is 9.75. The van der Waals surface area contributed by atoms with Crippen molar-refractivity contribution >= 4 is 5.91 Å². The Morgan fingerprint density at radius 2 is 1.65 bits per heavy atom. The van der Waals surface area contributed by atoms with Crippen molar-refractivity contribution in [2.45, 2.75) is 19.4 Å². The summed E-state index contributed by atoms with van der Waals surface area (Å²) in [7, 11) is 0. The molecule has 1 heterocycles. The molecule has 1 aliphatic rings. The third kappa shape index (κ3) is 5.30. The largest absolute Gasteiger partial charge is 0.507 e. The Kier molecular flexibility index (Phi) is 6.63. The summed E-state index contributed by atoms with van der Waals surface area (Å²) in [4.78, 5) is 17.2. The lowest BCUT2D eigenvalue weighted by atomic mass is 10.0. The van der Waals surface area contributed by atoms with Crippen molar-refractivity contribution in [3.05, 3.63) is 101 Å². The highest BCUT2D eigenvalue weighted by Crippen LogP contribution is 2.23. The van der Waals surface area contributed by atoms with E-state index in [1.54, 1.807) is 29.2 Å². The van der Waals surface area contributed by atoms with E-state index in [2.05, 4.69) is 4.90 Å². The number of carbonyl (C=O) groups is 1. The number of halogens is 1. The molecule has 160 valence electrons. The van der Waals surface area contributed by atoms with Crippen molar-refractivity contribution in [3.8, 4) is 5.75 Å². The van der Waals surface area contributed by atoms with E-state index < -0.39 is 0 Å². The van der Waals surface area contributed by atoms with Crippen molar-refractivity contribution in [2.24, 2.45) is 0 Å². The highest BCUT2D eigenvalue weighted by molar-refractivity contribution is 5.97. The third-order valence-electron chi connectivity index (χ3n) is 5.77. The normalized spacial score (nSPS) is 14.9. The Morgan fingerprint density at radius 1 is 0.871 bits per heavy atom. The van der Waals surface area contributed by atoms with Gasteiger partial charge in [0.2, 0.25) is 0 Å². The van der Waals surface area contributed by atoms with Gasteiger partial charge >= 0.3 is 0 Å². The number of aromatic hydroxyl groups is 1. The van der Waals surface area contributed by atoms with E-state index in [0.29, 0.717) is 43.7 Å². The summed E-state index contributed by atoms with van der Waals surface area (Å²) in [5.41, 5.74) is 3.16. The van der Waals surface area contributed by atoms with Crippen LogP contribution in [-0.2, 0) is 13.0 Å². The summed E-state index contributed by atoms with van der Waals surface area (Å²) in [6, 6.07) is 22.1. The minimum absolute atomic E-state index is 0.00858. The lowest BCUT2D eigenvalue weighted by Gasteiger charge is -2.23. The van der Waals surface area contributed by atoms with Gasteiger partial charge in [0.05, 0.1) is 5.56 Å². The van der Waals surface area contributed by atoms with Gasteiger partial charge in [0.15, 0.2) is 0 Å². The first-order chi connectivity index (χ1) is 15.1. The Hall–Kier alpha value is -3.18. The molecule has 0 spiro atoms. The molecule has 0 atom stereocenters. The lowest BCUT2D eigenvalue weighted by Crippen LogP contribution is -2.35. The number of rotatable bonds is 5. The number of benzene rings is 3. The first-order valence-corrected chi connectivity index (χ1v) is 10.7. The molecule has 3 aromatic rings. The van der Waals surface area contributed by atoms with Crippen LogP contribution in [0.1, 0.15) is 33.5 Å². The van der Waals surface area contributed by atoms with Gasteiger partial charge in [-0.25, -0.2) is 4.39 Å². The average Bonchev–Trinajstić information content (AvgIpc) is 3.02. The predicted octanol–water partition coefficient (Wildman–Crippen LogP) is 4.47. The van der Waals surface area contributed by atoms with Crippen molar-refractivity contribution in [1.82, 2.24) is 9.80 Å². The Bertz CT molecular complexity index is 1040. The van der Waals surface area contributed by atoms with Crippen molar-refractivity contribution in [2.75, 3.05) is 26.2 Å². The van der Waals surface area contributed by atoms with Gasteiger partial charge in [-0.1, -0.05) is 54.6 Å². The average molecular weight is 419 g/mol. The number of carbonyl (C=O) groups excluding carboxylic acids is 1. The molecule has 0 bridgehead atoms. The van der Waals surface area contributed by atoms with Crippen LogP contribution in [0.3, 0.4) is 0 Å². The van der Waals surface area contributed by atoms with Crippen LogP contribution in [0.15, 0.2) is 72.8 Å². The molecule has 5 heteroatoms. The second-order valence-electron chi connectivity index (χ2n) is 8.03. The molecule has 1 saturated heterocycles. The summed E-state index contributed by atoms with van der Waals surface area (Å²) in [5, 5.41) is 10.4. The molecule has 1 aliphatic heterocycles. The van der Waals surface area contributed by atoms with Crippen LogP contribution in [0, 0.1) is 5.82 Å². The van der Waals surface area contributed by atoms with Crippen molar-refractivity contribution < 1.29 is 14.3 Å². The summed E-state index contributed by atoms with van der Waals surface area (Å²) < 4.78 is 14.0. The summed E-state index contributed by atoms with van der Waals surface area (Å²) >= 11 is 0. The summed E-state index contributed by atoms with van der Waals surface area (Å²) in [5.74, 6) is -0.339. The van der Waals surface area contributed by atoms with E-state index >= 15 is 0 Å². The van der Waals surface area contributed by atoms with Crippen LogP contribution in [-0.4, -0.2) is 47.0 Å². The molecule has 31 heavy (non-hydrogen) atoms. The number of phenols is 1. The van der Waals surface area contributed by atoms with Crippen LogP contribution in [0.5, 0.6) is 5.75 Å². The molecule has 0 aliphatic carbocycles. The smallest absolute Gasteiger partial charge is 0.257 e. The minimum Gasteiger partial charge on any atom is -0.507 e. The topological polar surface area (TPSA) is 43.8 Å². The molecule has 0 unspecified atom stereocenters. The van der Waals surface area contributed by atoms with E-state index in [9.17, 15) is 14.3 Å². The van der Waals surface area contributed by atoms with Crippen LogP contribution >= 0.6 is 0 Å². The zero-order valence-corrected chi connectivity index (χ0v) is 17.5. The second-order valence-corrected chi connectivity index (χ2v) is 8.03. The number of hydrogen-bond donors (Lipinski definition) is 1. The molecular weight excluding hydrogens is 391 g/mol. The van der Waals surface area contributed by atoms with Gasteiger partial charge < -0.3 is 10.0 Å². The molecule has 1 amide bonds. The quantitative estimate of drug-likeness (QED) is 0.665. The van der Waals surface area contributed by atoms with Crippen molar-refractivity contribution in [1.29, 1.82) is 0 Å². The standard InChI is InChI=1S/C26H27FN2O2/c27-24-10-5-4-9-22(24)19-28-13-6-14-29(16-15-28)26(31)23-18-21(11-12-25(23)30)17-20-7-2-1-3-8-20/h1-5,7-12,18,30H,6,13-17,19H2. The molecule has 0 aromatic heterocycles. The van der Waals surface area contributed by atoms with Crippen LogP contribution in [0.2, 0.25) is 0 Å².